The number of piperidine rings is 1. The lowest BCUT2D eigenvalue weighted by Crippen LogP contribution is -2.44. The molecule has 3 aromatic rings. The van der Waals surface area contributed by atoms with Gasteiger partial charge < -0.3 is 13.7 Å². The molecule has 0 bridgehead atoms. The minimum absolute atomic E-state index is 0.222. The lowest BCUT2D eigenvalue weighted by atomic mass is 10.0. The number of aromatic nitrogens is 3. The first-order valence-electron chi connectivity index (χ1n) is 9.33. The molecule has 4 rings (SSSR count). The van der Waals surface area contributed by atoms with Gasteiger partial charge in [0.05, 0.1) is 13.7 Å². The van der Waals surface area contributed by atoms with Crippen LogP contribution >= 0.6 is 0 Å². The van der Waals surface area contributed by atoms with Crippen LogP contribution in [0.1, 0.15) is 30.9 Å². The largest absolute Gasteiger partial charge is 0.468 e. The number of aryl methyl sites for hydroxylation is 1. The Kier molecular flexibility index (Phi) is 5.21. The van der Waals surface area contributed by atoms with Crippen LogP contribution in [-0.4, -0.2) is 45.9 Å². The van der Waals surface area contributed by atoms with Gasteiger partial charge in [-0.25, -0.2) is 0 Å². The van der Waals surface area contributed by atoms with Gasteiger partial charge in [-0.05, 0) is 26.3 Å². The number of esters is 1. The number of hydrogen-bond donors (Lipinski definition) is 0. The molecule has 1 aliphatic rings. The zero-order chi connectivity index (χ0) is 19.5. The van der Waals surface area contributed by atoms with Gasteiger partial charge in [-0.3, -0.25) is 9.69 Å². The number of carbonyl (C=O) groups is 1. The van der Waals surface area contributed by atoms with Gasteiger partial charge in [0, 0.05) is 5.56 Å². The summed E-state index contributed by atoms with van der Waals surface area (Å²) < 4.78 is 16.2. The van der Waals surface area contributed by atoms with Crippen LogP contribution in [0.4, 0.5) is 0 Å². The fourth-order valence-electron chi connectivity index (χ4n) is 3.59. The van der Waals surface area contributed by atoms with E-state index in [0.29, 0.717) is 35.3 Å². The Labute approximate surface area is 162 Å². The minimum atomic E-state index is -0.272. The summed E-state index contributed by atoms with van der Waals surface area (Å²) in [5.41, 5.74) is 2.27. The summed E-state index contributed by atoms with van der Waals surface area (Å²) >= 11 is 0. The normalized spacial score (nSPS) is 17.6. The van der Waals surface area contributed by atoms with E-state index in [-0.39, 0.29) is 12.0 Å². The molecule has 0 saturated carbocycles. The maximum Gasteiger partial charge on any atom is 0.323 e. The third kappa shape index (κ3) is 3.55. The van der Waals surface area contributed by atoms with Crippen LogP contribution < -0.4 is 0 Å². The van der Waals surface area contributed by atoms with Crippen molar-refractivity contribution in [1.29, 1.82) is 0 Å². The average molecular weight is 382 g/mol. The summed E-state index contributed by atoms with van der Waals surface area (Å²) in [5, 5.41) is 12.5. The highest BCUT2D eigenvalue weighted by molar-refractivity contribution is 5.77. The van der Waals surface area contributed by atoms with Crippen molar-refractivity contribution in [2.75, 3.05) is 13.7 Å². The van der Waals surface area contributed by atoms with Crippen LogP contribution in [-0.2, 0) is 16.1 Å². The molecule has 1 saturated heterocycles. The maximum atomic E-state index is 12.1. The van der Waals surface area contributed by atoms with Gasteiger partial charge in [-0.15, -0.1) is 10.2 Å². The van der Waals surface area contributed by atoms with Crippen molar-refractivity contribution >= 4 is 5.97 Å². The molecule has 1 aromatic carbocycles. The van der Waals surface area contributed by atoms with E-state index < -0.39 is 0 Å². The van der Waals surface area contributed by atoms with Gasteiger partial charge in [0.25, 0.3) is 5.89 Å². The first-order valence-corrected chi connectivity index (χ1v) is 9.33. The molecule has 0 spiro atoms. The molecule has 2 aromatic heterocycles. The first kappa shape index (κ1) is 18.4. The zero-order valence-corrected chi connectivity index (χ0v) is 15.9. The molecule has 3 heterocycles. The molecule has 0 aliphatic carbocycles. The summed E-state index contributed by atoms with van der Waals surface area (Å²) in [6.07, 6.45) is 2.81. The molecule has 8 nitrogen and oxygen atoms in total. The SMILES string of the molecule is COC(=O)[C@H]1CCCCN1Cc1nnc(-c2c(-c3ccccc3)noc2C)o1. The fourth-order valence-corrected chi connectivity index (χ4v) is 3.59. The number of nitrogens with zero attached hydrogens (tertiary/aromatic N) is 4. The molecule has 8 heteroatoms. The quantitative estimate of drug-likeness (QED) is 0.621. The monoisotopic (exact) mass is 382 g/mol. The topological polar surface area (TPSA) is 94.5 Å². The van der Waals surface area contributed by atoms with Gasteiger partial charge in [-0.2, -0.15) is 0 Å². The van der Waals surface area contributed by atoms with E-state index in [9.17, 15) is 4.79 Å². The average Bonchev–Trinajstić information content (AvgIpc) is 3.34. The number of carbonyl (C=O) groups excluding carboxylic acids is 1. The van der Waals surface area contributed by atoms with Crippen molar-refractivity contribution in [2.45, 2.75) is 38.8 Å². The van der Waals surface area contributed by atoms with Crippen LogP contribution in [0, 0.1) is 6.92 Å². The minimum Gasteiger partial charge on any atom is -0.468 e. The van der Waals surface area contributed by atoms with Crippen LogP contribution in [0.15, 0.2) is 39.3 Å². The second kappa shape index (κ2) is 7.93. The number of ether oxygens (including phenoxy) is 1. The van der Waals surface area contributed by atoms with Crippen LogP contribution in [0.25, 0.3) is 22.7 Å². The van der Waals surface area contributed by atoms with Gasteiger partial charge in [0.15, 0.2) is 0 Å². The molecule has 0 unspecified atom stereocenters. The Morgan fingerprint density at radius 3 is 2.86 bits per heavy atom. The number of methoxy groups -OCH3 is 1. The number of likely N-dealkylation sites (tertiary alicyclic amines) is 1. The third-order valence-corrected chi connectivity index (χ3v) is 5.02. The standard InChI is InChI=1S/C20H22N4O4/c1-13-17(18(23-28-13)14-8-4-3-5-9-14)19-22-21-16(27-19)12-24-11-7-6-10-15(24)20(25)26-2/h3-5,8-9,15H,6-7,10-12H2,1-2H3/t15-/m1/s1. The van der Waals surface area contributed by atoms with Crippen LogP contribution in [0.2, 0.25) is 0 Å². The highest BCUT2D eigenvalue weighted by Crippen LogP contribution is 2.33. The van der Waals surface area contributed by atoms with Crippen molar-refractivity contribution in [2.24, 2.45) is 0 Å². The van der Waals surface area contributed by atoms with Crippen molar-refractivity contribution < 1.29 is 18.5 Å². The van der Waals surface area contributed by atoms with E-state index in [0.717, 1.165) is 31.4 Å². The Balaban J connectivity index is 1.59. The highest BCUT2D eigenvalue weighted by Gasteiger charge is 2.31. The molecular formula is C20H22N4O4. The predicted octanol–water partition coefficient (Wildman–Crippen LogP) is 3.23. The Morgan fingerprint density at radius 1 is 1.25 bits per heavy atom. The van der Waals surface area contributed by atoms with Crippen LogP contribution in [0.3, 0.4) is 0 Å². The van der Waals surface area contributed by atoms with Crippen molar-refractivity contribution in [3.63, 3.8) is 0 Å². The maximum absolute atomic E-state index is 12.1. The molecule has 146 valence electrons. The van der Waals surface area contributed by atoms with Crippen molar-refractivity contribution in [1.82, 2.24) is 20.3 Å². The summed E-state index contributed by atoms with van der Waals surface area (Å²) in [5.74, 6) is 1.20. The third-order valence-electron chi connectivity index (χ3n) is 5.02. The van der Waals surface area contributed by atoms with E-state index in [1.807, 2.05) is 42.2 Å². The fraction of sp³-hybridized carbons (Fsp3) is 0.400. The van der Waals surface area contributed by atoms with E-state index in [1.54, 1.807) is 0 Å². The van der Waals surface area contributed by atoms with E-state index in [1.165, 1.54) is 7.11 Å². The zero-order valence-electron chi connectivity index (χ0n) is 15.9. The molecule has 0 radical (unpaired) electrons. The Bertz CT molecular complexity index is 950. The first-order chi connectivity index (χ1) is 13.7. The highest BCUT2D eigenvalue weighted by atomic mass is 16.5. The van der Waals surface area contributed by atoms with Gasteiger partial charge in [0.1, 0.15) is 23.1 Å². The van der Waals surface area contributed by atoms with Gasteiger partial charge in [-0.1, -0.05) is 41.9 Å². The Hall–Kier alpha value is -3.00. The molecule has 1 fully saturated rings. The van der Waals surface area contributed by atoms with E-state index >= 15 is 0 Å². The van der Waals surface area contributed by atoms with Gasteiger partial charge >= 0.3 is 5.97 Å². The summed E-state index contributed by atoms with van der Waals surface area (Å²) in [6.45, 7) is 3.01. The second-order valence-corrected chi connectivity index (χ2v) is 6.83. The van der Waals surface area contributed by atoms with Crippen molar-refractivity contribution in [3.05, 3.63) is 42.0 Å². The van der Waals surface area contributed by atoms with E-state index in [4.69, 9.17) is 13.7 Å². The van der Waals surface area contributed by atoms with E-state index in [2.05, 4.69) is 15.4 Å². The molecule has 0 N–H and O–H groups in total. The smallest absolute Gasteiger partial charge is 0.323 e. The summed E-state index contributed by atoms with van der Waals surface area (Å²) in [7, 11) is 1.42. The lowest BCUT2D eigenvalue weighted by Gasteiger charge is -2.32. The number of rotatable bonds is 5. The number of hydrogen-bond acceptors (Lipinski definition) is 8. The summed E-state index contributed by atoms with van der Waals surface area (Å²) in [4.78, 5) is 14.1. The summed E-state index contributed by atoms with van der Waals surface area (Å²) in [6, 6.07) is 9.44. The number of benzene rings is 1. The second-order valence-electron chi connectivity index (χ2n) is 6.83. The molecular weight excluding hydrogens is 360 g/mol. The van der Waals surface area contributed by atoms with Gasteiger partial charge in [0.2, 0.25) is 5.89 Å². The molecule has 1 atom stereocenters. The Morgan fingerprint density at radius 2 is 2.07 bits per heavy atom. The molecule has 0 amide bonds. The molecule has 28 heavy (non-hydrogen) atoms. The van der Waals surface area contributed by atoms with Crippen molar-refractivity contribution in [3.8, 4) is 22.7 Å². The van der Waals surface area contributed by atoms with Crippen LogP contribution in [0.5, 0.6) is 0 Å². The lowest BCUT2D eigenvalue weighted by molar-refractivity contribution is -0.148. The predicted molar refractivity (Wildman–Crippen MR) is 100 cm³/mol. The molecule has 1 aliphatic heterocycles.